The van der Waals surface area contributed by atoms with Crippen molar-refractivity contribution in [1.29, 1.82) is 0 Å². The van der Waals surface area contributed by atoms with Crippen molar-refractivity contribution in [3.63, 3.8) is 0 Å². The van der Waals surface area contributed by atoms with Gasteiger partial charge in [0.25, 0.3) is 0 Å². The van der Waals surface area contributed by atoms with Gasteiger partial charge in [0, 0.05) is 27.8 Å². The minimum absolute atomic E-state index is 0.599. The summed E-state index contributed by atoms with van der Waals surface area (Å²) in [6, 6.07) is 44.6. The highest BCUT2D eigenvalue weighted by Crippen LogP contribution is 2.36. The topological polar surface area (TPSA) is 74.0 Å². The van der Waals surface area contributed by atoms with Gasteiger partial charge in [-0.25, -0.2) is 24.3 Å². The molecule has 0 aliphatic rings. The number of imidazole rings is 2. The second-order valence-electron chi connectivity index (χ2n) is 10.4. The summed E-state index contributed by atoms with van der Waals surface area (Å²) in [6.07, 6.45) is 0. The zero-order chi connectivity index (χ0) is 28.3. The number of benzene rings is 5. The molecule has 202 valence electrons. The zero-order valence-electron chi connectivity index (χ0n) is 22.8. The third kappa shape index (κ3) is 3.68. The lowest BCUT2D eigenvalue weighted by Crippen LogP contribution is -2.00. The first kappa shape index (κ1) is 23.6. The van der Waals surface area contributed by atoms with Gasteiger partial charge in [0.1, 0.15) is 11.1 Å². The van der Waals surface area contributed by atoms with Crippen LogP contribution in [0.25, 0.3) is 78.9 Å². The molecule has 4 heterocycles. The van der Waals surface area contributed by atoms with Gasteiger partial charge in [-0.3, -0.25) is 4.57 Å². The van der Waals surface area contributed by atoms with E-state index in [0.717, 1.165) is 61.4 Å². The van der Waals surface area contributed by atoms with Gasteiger partial charge >= 0.3 is 0 Å². The Bertz CT molecular complexity index is 2380. The van der Waals surface area contributed by atoms with E-state index in [4.69, 9.17) is 24.4 Å². The van der Waals surface area contributed by atoms with E-state index in [0.29, 0.717) is 17.5 Å². The van der Waals surface area contributed by atoms with Crippen molar-refractivity contribution in [1.82, 2.24) is 28.9 Å². The molecule has 7 nitrogen and oxygen atoms in total. The van der Waals surface area contributed by atoms with Crippen molar-refractivity contribution in [3.8, 4) is 39.9 Å². The van der Waals surface area contributed by atoms with E-state index in [-0.39, 0.29) is 0 Å². The summed E-state index contributed by atoms with van der Waals surface area (Å²) in [7, 11) is 0. The summed E-state index contributed by atoms with van der Waals surface area (Å²) in [6.45, 7) is 0. The predicted octanol–water partition coefficient (Wildman–Crippen LogP) is 8.36. The molecule has 9 rings (SSSR count). The van der Waals surface area contributed by atoms with E-state index in [1.165, 1.54) is 0 Å². The van der Waals surface area contributed by atoms with Crippen molar-refractivity contribution in [2.24, 2.45) is 0 Å². The van der Waals surface area contributed by atoms with Gasteiger partial charge in [-0.2, -0.15) is 0 Å². The molecule has 4 aromatic heterocycles. The monoisotopic (exact) mass is 554 g/mol. The van der Waals surface area contributed by atoms with Gasteiger partial charge in [0.2, 0.25) is 11.5 Å². The van der Waals surface area contributed by atoms with Crippen LogP contribution < -0.4 is 0 Å². The molecular weight excluding hydrogens is 532 g/mol. The number of furan rings is 1. The third-order valence-electron chi connectivity index (χ3n) is 7.80. The van der Waals surface area contributed by atoms with Crippen LogP contribution in [0.5, 0.6) is 0 Å². The van der Waals surface area contributed by atoms with Gasteiger partial charge < -0.3 is 4.42 Å². The van der Waals surface area contributed by atoms with Gasteiger partial charge in [-0.15, -0.1) is 0 Å². The van der Waals surface area contributed by atoms with Crippen molar-refractivity contribution in [2.45, 2.75) is 0 Å². The fourth-order valence-electron chi connectivity index (χ4n) is 5.79. The van der Waals surface area contributed by atoms with Gasteiger partial charge in [-0.1, -0.05) is 91.0 Å². The standard InChI is InChI=1S/C36H22N6O/c1-4-12-23(13-5-1)32-38-33(24-14-6-2-7-15-24)40-34(39-32)25-20-21-28-29(22-25)41(26-16-8-3-9-17-26)36-37-31-27-18-10-11-19-30(27)43-35(31)42(28)36/h1-22H. The molecule has 7 heteroatoms. The summed E-state index contributed by atoms with van der Waals surface area (Å²) in [5.74, 6) is 2.63. The van der Waals surface area contributed by atoms with E-state index in [1.807, 2.05) is 97.1 Å². The van der Waals surface area contributed by atoms with E-state index in [1.54, 1.807) is 0 Å². The maximum Gasteiger partial charge on any atom is 0.234 e. The van der Waals surface area contributed by atoms with Crippen LogP contribution in [-0.4, -0.2) is 28.9 Å². The Balaban J connectivity index is 1.32. The first-order valence-corrected chi connectivity index (χ1v) is 14.1. The van der Waals surface area contributed by atoms with Crippen molar-refractivity contribution in [3.05, 3.63) is 133 Å². The number of hydrogen-bond donors (Lipinski definition) is 0. The maximum absolute atomic E-state index is 6.36. The molecule has 43 heavy (non-hydrogen) atoms. The molecule has 0 N–H and O–H groups in total. The van der Waals surface area contributed by atoms with E-state index >= 15 is 0 Å². The summed E-state index contributed by atoms with van der Waals surface area (Å²) < 4.78 is 10.6. The average molecular weight is 555 g/mol. The second-order valence-corrected chi connectivity index (χ2v) is 10.4. The predicted molar refractivity (Wildman–Crippen MR) is 169 cm³/mol. The molecule has 0 saturated heterocycles. The quantitative estimate of drug-likeness (QED) is 0.219. The summed E-state index contributed by atoms with van der Waals surface area (Å²) in [4.78, 5) is 19.9. The number of aromatic nitrogens is 6. The maximum atomic E-state index is 6.36. The Hall–Kier alpha value is -6.08. The molecule has 0 spiro atoms. The smallest absolute Gasteiger partial charge is 0.234 e. The zero-order valence-corrected chi connectivity index (χ0v) is 22.8. The van der Waals surface area contributed by atoms with Crippen molar-refractivity contribution in [2.75, 3.05) is 0 Å². The molecule has 0 bridgehead atoms. The third-order valence-corrected chi connectivity index (χ3v) is 7.80. The average Bonchev–Trinajstić information content (AvgIpc) is 3.72. The largest absolute Gasteiger partial charge is 0.437 e. The minimum Gasteiger partial charge on any atom is -0.437 e. The number of rotatable bonds is 4. The molecule has 0 amide bonds. The van der Waals surface area contributed by atoms with Gasteiger partial charge in [-0.05, 0) is 42.5 Å². The number of para-hydroxylation sites is 2. The van der Waals surface area contributed by atoms with Crippen LogP contribution in [0, 0.1) is 0 Å². The highest BCUT2D eigenvalue weighted by molar-refractivity contribution is 6.05. The Morgan fingerprint density at radius 2 is 1.07 bits per heavy atom. The first-order valence-electron chi connectivity index (χ1n) is 14.1. The van der Waals surface area contributed by atoms with Crippen molar-refractivity contribution < 1.29 is 4.42 Å². The molecular formula is C36H22N6O. The first-order chi connectivity index (χ1) is 21.3. The van der Waals surface area contributed by atoms with Crippen LogP contribution in [0.3, 0.4) is 0 Å². The Kier molecular flexibility index (Phi) is 5.06. The molecule has 0 aliphatic heterocycles. The highest BCUT2D eigenvalue weighted by Gasteiger charge is 2.22. The highest BCUT2D eigenvalue weighted by atomic mass is 16.3. The van der Waals surface area contributed by atoms with E-state index < -0.39 is 0 Å². The summed E-state index contributed by atoms with van der Waals surface area (Å²) in [5.41, 5.74) is 8.08. The molecule has 0 unspecified atom stereocenters. The fraction of sp³-hybridized carbons (Fsp3) is 0. The molecule has 0 atom stereocenters. The van der Waals surface area contributed by atoms with Crippen LogP contribution in [0.4, 0.5) is 0 Å². The van der Waals surface area contributed by atoms with Crippen molar-refractivity contribution >= 4 is 39.0 Å². The Labute approximate surface area is 245 Å². The minimum atomic E-state index is 0.599. The molecule has 0 fully saturated rings. The SMILES string of the molecule is c1ccc(-c2nc(-c3ccccc3)nc(-c3ccc4c(c3)n(-c3ccccc3)c3nc5c6ccccc6oc5n43)n2)cc1. The lowest BCUT2D eigenvalue weighted by Gasteiger charge is -2.09. The van der Waals surface area contributed by atoms with Gasteiger partial charge in [0.15, 0.2) is 17.5 Å². The second kappa shape index (κ2) is 9.22. The van der Waals surface area contributed by atoms with Crippen LogP contribution in [-0.2, 0) is 0 Å². The molecule has 5 aromatic carbocycles. The van der Waals surface area contributed by atoms with Crippen LogP contribution in [0.15, 0.2) is 138 Å². The summed E-state index contributed by atoms with van der Waals surface area (Å²) >= 11 is 0. The molecule has 0 radical (unpaired) electrons. The van der Waals surface area contributed by atoms with Crippen LogP contribution in [0.2, 0.25) is 0 Å². The van der Waals surface area contributed by atoms with E-state index in [9.17, 15) is 0 Å². The molecule has 0 saturated carbocycles. The van der Waals surface area contributed by atoms with Crippen LogP contribution >= 0.6 is 0 Å². The Morgan fingerprint density at radius 1 is 0.488 bits per heavy atom. The van der Waals surface area contributed by atoms with Crippen LogP contribution in [0.1, 0.15) is 0 Å². The molecule has 0 aliphatic carbocycles. The lowest BCUT2D eigenvalue weighted by molar-refractivity contribution is 0.651. The number of hydrogen-bond acceptors (Lipinski definition) is 5. The van der Waals surface area contributed by atoms with E-state index in [2.05, 4.69) is 45.4 Å². The Morgan fingerprint density at radius 3 is 1.74 bits per heavy atom. The molecule has 9 aromatic rings. The number of nitrogens with zero attached hydrogens (tertiary/aromatic N) is 6. The normalized spacial score (nSPS) is 11.7. The fourth-order valence-corrected chi connectivity index (χ4v) is 5.79. The van der Waals surface area contributed by atoms with Gasteiger partial charge in [0.05, 0.1) is 11.0 Å². The lowest BCUT2D eigenvalue weighted by atomic mass is 10.1. The summed E-state index contributed by atoms with van der Waals surface area (Å²) in [5, 5.41) is 0.998. The number of fused-ring (bicyclic) bond motifs is 7.